The molecule has 0 aliphatic rings. The maximum atomic E-state index is 11.6. The molecule has 0 atom stereocenters. The van der Waals surface area contributed by atoms with Crippen LogP contribution in [0.3, 0.4) is 0 Å². The van der Waals surface area contributed by atoms with Crippen LogP contribution in [0.25, 0.3) is 0 Å². The van der Waals surface area contributed by atoms with Gasteiger partial charge in [-0.05, 0) is 6.42 Å². The van der Waals surface area contributed by atoms with Crippen LogP contribution in [0.2, 0.25) is 0 Å². The highest BCUT2D eigenvalue weighted by Gasteiger charge is 2.08. The van der Waals surface area contributed by atoms with Gasteiger partial charge in [0.15, 0.2) is 0 Å². The number of hydrogen-bond donors (Lipinski definition) is 0. The molecule has 0 unspecified atom stereocenters. The van der Waals surface area contributed by atoms with E-state index in [0.29, 0.717) is 13.2 Å². The van der Waals surface area contributed by atoms with E-state index in [1.54, 1.807) is 7.11 Å². The normalized spacial score (nSPS) is 10.8. The molecule has 0 saturated heterocycles. The van der Waals surface area contributed by atoms with Crippen molar-refractivity contribution in [1.82, 2.24) is 0 Å². The fourth-order valence-electron chi connectivity index (χ4n) is 3.07. The van der Waals surface area contributed by atoms with Crippen LogP contribution in [-0.2, 0) is 23.8 Å². The Labute approximate surface area is 172 Å². The van der Waals surface area contributed by atoms with E-state index in [4.69, 9.17) is 14.2 Å². The summed E-state index contributed by atoms with van der Waals surface area (Å²) < 4.78 is 14.8. The maximum absolute atomic E-state index is 11.6. The summed E-state index contributed by atoms with van der Waals surface area (Å²) >= 11 is 0. The molecule has 0 amide bonds. The van der Waals surface area contributed by atoms with Crippen molar-refractivity contribution >= 4 is 11.9 Å². The Kier molecular flexibility index (Phi) is 21.3. The first-order chi connectivity index (χ1) is 13.7. The molecule has 0 aromatic rings. The molecule has 0 aromatic carbocycles. The van der Waals surface area contributed by atoms with E-state index >= 15 is 0 Å². The minimum absolute atomic E-state index is 0.0707. The number of esters is 2. The van der Waals surface area contributed by atoms with Crippen molar-refractivity contribution in [2.24, 2.45) is 0 Å². The molecule has 28 heavy (non-hydrogen) atoms. The van der Waals surface area contributed by atoms with Gasteiger partial charge in [0, 0.05) is 7.11 Å². The van der Waals surface area contributed by atoms with Crippen molar-refractivity contribution in [3.63, 3.8) is 0 Å². The van der Waals surface area contributed by atoms with Crippen molar-refractivity contribution in [3.8, 4) is 0 Å². The predicted molar refractivity (Wildman–Crippen MR) is 113 cm³/mol. The molecule has 0 spiro atoms. The molecule has 0 rings (SSSR count). The SMILES string of the molecule is CCCCCCCCCCCCCCCCOC(=O)CCC(=O)OCCOC. The van der Waals surface area contributed by atoms with Crippen molar-refractivity contribution in [3.05, 3.63) is 0 Å². The van der Waals surface area contributed by atoms with Gasteiger partial charge in [-0.2, -0.15) is 0 Å². The molecule has 0 fully saturated rings. The van der Waals surface area contributed by atoms with Crippen molar-refractivity contribution in [2.75, 3.05) is 26.9 Å². The van der Waals surface area contributed by atoms with Gasteiger partial charge in [-0.1, -0.05) is 90.4 Å². The van der Waals surface area contributed by atoms with E-state index < -0.39 is 0 Å². The molecular weight excluding hydrogens is 356 g/mol. The third kappa shape index (κ3) is 21.2. The van der Waals surface area contributed by atoms with Gasteiger partial charge in [0.25, 0.3) is 0 Å². The van der Waals surface area contributed by atoms with Crippen molar-refractivity contribution in [2.45, 2.75) is 110 Å². The van der Waals surface area contributed by atoms with E-state index in [1.165, 1.54) is 77.0 Å². The van der Waals surface area contributed by atoms with Crippen LogP contribution in [0.4, 0.5) is 0 Å². The van der Waals surface area contributed by atoms with Crippen LogP contribution in [0, 0.1) is 0 Å². The Morgan fingerprint density at radius 1 is 0.536 bits per heavy atom. The molecule has 0 bridgehead atoms. The lowest BCUT2D eigenvalue weighted by Crippen LogP contribution is -2.13. The molecule has 0 saturated carbocycles. The lowest BCUT2D eigenvalue weighted by molar-refractivity contribution is -0.151. The number of carbonyl (C=O) groups excluding carboxylic acids is 2. The van der Waals surface area contributed by atoms with E-state index in [-0.39, 0.29) is 31.4 Å². The number of rotatable bonds is 21. The number of carbonyl (C=O) groups is 2. The Morgan fingerprint density at radius 2 is 0.929 bits per heavy atom. The maximum Gasteiger partial charge on any atom is 0.306 e. The zero-order valence-electron chi connectivity index (χ0n) is 18.5. The predicted octanol–water partition coefficient (Wildman–Crippen LogP) is 5.98. The summed E-state index contributed by atoms with van der Waals surface area (Å²) in [5, 5.41) is 0. The van der Waals surface area contributed by atoms with E-state index in [2.05, 4.69) is 6.92 Å². The van der Waals surface area contributed by atoms with Crippen LogP contribution in [0.5, 0.6) is 0 Å². The Hall–Kier alpha value is -1.10. The fraction of sp³-hybridized carbons (Fsp3) is 0.913. The first-order valence-electron chi connectivity index (χ1n) is 11.5. The van der Waals surface area contributed by atoms with Crippen LogP contribution in [0.15, 0.2) is 0 Å². The Morgan fingerprint density at radius 3 is 1.36 bits per heavy atom. The molecule has 5 nitrogen and oxygen atoms in total. The lowest BCUT2D eigenvalue weighted by atomic mass is 10.0. The molecule has 166 valence electrons. The van der Waals surface area contributed by atoms with Crippen LogP contribution in [0.1, 0.15) is 110 Å². The highest BCUT2D eigenvalue weighted by Crippen LogP contribution is 2.13. The molecule has 5 heteroatoms. The average Bonchev–Trinajstić information content (AvgIpc) is 2.69. The molecule has 0 heterocycles. The van der Waals surface area contributed by atoms with Gasteiger partial charge in [0.05, 0.1) is 26.1 Å². The summed E-state index contributed by atoms with van der Waals surface area (Å²) in [6, 6.07) is 0. The Bertz CT molecular complexity index is 357. The summed E-state index contributed by atoms with van der Waals surface area (Å²) in [4.78, 5) is 22.9. The van der Waals surface area contributed by atoms with Gasteiger partial charge in [0.1, 0.15) is 6.61 Å². The molecule has 0 N–H and O–H groups in total. The summed E-state index contributed by atoms with van der Waals surface area (Å²) in [6.07, 6.45) is 18.4. The fourth-order valence-corrected chi connectivity index (χ4v) is 3.07. The van der Waals surface area contributed by atoms with E-state index in [9.17, 15) is 9.59 Å². The third-order valence-corrected chi connectivity index (χ3v) is 4.84. The number of hydrogen-bond acceptors (Lipinski definition) is 5. The summed E-state index contributed by atoms with van der Waals surface area (Å²) in [5.74, 6) is -0.705. The highest BCUT2D eigenvalue weighted by atomic mass is 16.6. The topological polar surface area (TPSA) is 61.8 Å². The lowest BCUT2D eigenvalue weighted by Gasteiger charge is -2.06. The largest absolute Gasteiger partial charge is 0.466 e. The van der Waals surface area contributed by atoms with E-state index in [1.807, 2.05) is 0 Å². The van der Waals surface area contributed by atoms with Gasteiger partial charge in [-0.3, -0.25) is 9.59 Å². The first-order valence-corrected chi connectivity index (χ1v) is 11.5. The first kappa shape index (κ1) is 26.9. The standard InChI is InChI=1S/C23H44O5/c1-3-4-5-6-7-8-9-10-11-12-13-14-15-16-19-27-22(24)17-18-23(25)28-21-20-26-2/h3-21H2,1-2H3. The van der Waals surface area contributed by atoms with Crippen molar-refractivity contribution < 1.29 is 23.8 Å². The second kappa shape index (κ2) is 22.2. The summed E-state index contributed by atoms with van der Waals surface area (Å²) in [7, 11) is 1.54. The second-order valence-electron chi connectivity index (χ2n) is 7.53. The van der Waals surface area contributed by atoms with Gasteiger partial charge >= 0.3 is 11.9 Å². The van der Waals surface area contributed by atoms with Gasteiger partial charge in [-0.15, -0.1) is 0 Å². The van der Waals surface area contributed by atoms with Crippen LogP contribution >= 0.6 is 0 Å². The minimum Gasteiger partial charge on any atom is -0.466 e. The van der Waals surface area contributed by atoms with Gasteiger partial charge in [0.2, 0.25) is 0 Å². The molecule has 0 radical (unpaired) electrons. The van der Waals surface area contributed by atoms with Gasteiger partial charge in [-0.25, -0.2) is 0 Å². The van der Waals surface area contributed by atoms with Crippen LogP contribution in [-0.4, -0.2) is 38.9 Å². The second-order valence-corrected chi connectivity index (χ2v) is 7.53. The quantitative estimate of drug-likeness (QED) is 0.175. The average molecular weight is 401 g/mol. The summed E-state index contributed by atoms with van der Waals surface area (Å²) in [6.45, 7) is 3.31. The minimum atomic E-state index is -0.384. The van der Waals surface area contributed by atoms with Crippen LogP contribution < -0.4 is 0 Å². The molecule has 0 aromatic heterocycles. The molecular formula is C23H44O5. The number of methoxy groups -OCH3 is 1. The smallest absolute Gasteiger partial charge is 0.306 e. The third-order valence-electron chi connectivity index (χ3n) is 4.84. The zero-order valence-corrected chi connectivity index (χ0v) is 18.5. The zero-order chi connectivity index (χ0) is 20.7. The summed E-state index contributed by atoms with van der Waals surface area (Å²) in [5.41, 5.74) is 0. The van der Waals surface area contributed by atoms with Gasteiger partial charge < -0.3 is 14.2 Å². The highest BCUT2D eigenvalue weighted by molar-refractivity contribution is 5.77. The molecule has 0 aliphatic heterocycles. The van der Waals surface area contributed by atoms with E-state index in [0.717, 1.165) is 12.8 Å². The Balaban J connectivity index is 3.22. The number of unbranched alkanes of at least 4 members (excludes halogenated alkanes) is 13. The number of ether oxygens (including phenoxy) is 3. The molecule has 0 aliphatic carbocycles. The van der Waals surface area contributed by atoms with Crippen molar-refractivity contribution in [1.29, 1.82) is 0 Å². The monoisotopic (exact) mass is 400 g/mol.